The Hall–Kier alpha value is -1.52. The van der Waals surface area contributed by atoms with Crippen LogP contribution in [0, 0.1) is 0 Å². The molecule has 0 saturated carbocycles. The predicted molar refractivity (Wildman–Crippen MR) is 68.5 cm³/mol. The number of hydrogen-bond acceptors (Lipinski definition) is 3. The normalized spacial score (nSPS) is 16.9. The highest BCUT2D eigenvalue weighted by Crippen LogP contribution is 2.32. The van der Waals surface area contributed by atoms with Crippen LogP contribution in [0.3, 0.4) is 0 Å². The molecule has 0 atom stereocenters. The summed E-state index contributed by atoms with van der Waals surface area (Å²) in [5, 5.41) is 10.9. The molecule has 0 aliphatic carbocycles. The minimum absolute atomic E-state index is 0.175. The third-order valence-electron chi connectivity index (χ3n) is 2.87. The highest BCUT2D eigenvalue weighted by atomic mass is 35.5. The molecule has 1 amide bonds. The number of hydrogen-bond donors (Lipinski definition) is 1. The maximum atomic E-state index is 11.5. The monoisotopic (exact) mass is 267 g/mol. The minimum atomic E-state index is -1.00. The Morgan fingerprint density at radius 3 is 2.67 bits per heavy atom. The Morgan fingerprint density at radius 2 is 2.11 bits per heavy atom. The Kier molecular flexibility index (Phi) is 3.59. The van der Waals surface area contributed by atoms with E-state index in [1.165, 1.54) is 11.0 Å². The van der Waals surface area contributed by atoms with Gasteiger partial charge in [0.05, 0.1) is 13.1 Å². The van der Waals surface area contributed by atoms with Gasteiger partial charge in [-0.1, -0.05) is 36.4 Å². The average molecular weight is 268 g/mol. The van der Waals surface area contributed by atoms with Crippen LogP contribution in [0.5, 0.6) is 0 Å². The molecule has 0 bridgehead atoms. The lowest BCUT2D eigenvalue weighted by Gasteiger charge is -2.45. The van der Waals surface area contributed by atoms with Gasteiger partial charge in [0.25, 0.3) is 0 Å². The van der Waals surface area contributed by atoms with Crippen LogP contribution in [0.2, 0.25) is 5.02 Å². The Labute approximate surface area is 110 Å². The molecule has 0 radical (unpaired) electrons. The van der Waals surface area contributed by atoms with Gasteiger partial charge in [-0.25, -0.2) is 4.79 Å². The quantitative estimate of drug-likeness (QED) is 0.854. The van der Waals surface area contributed by atoms with Crippen molar-refractivity contribution in [1.82, 2.24) is 4.90 Å². The van der Waals surface area contributed by atoms with Crippen molar-refractivity contribution in [3.8, 4) is 0 Å². The van der Waals surface area contributed by atoms with Gasteiger partial charge in [-0.15, -0.1) is 0 Å². The fourth-order valence-corrected chi connectivity index (χ4v) is 2.00. The van der Waals surface area contributed by atoms with Crippen molar-refractivity contribution in [3.05, 3.63) is 47.5 Å². The minimum Gasteiger partial charge on any atom is -0.445 e. The summed E-state index contributed by atoms with van der Waals surface area (Å²) in [6.45, 7) is 4.09. The Balaban J connectivity index is 1.95. The summed E-state index contributed by atoms with van der Waals surface area (Å²) in [4.78, 5) is 12.9. The lowest BCUT2D eigenvalue weighted by atomic mass is 9.86. The van der Waals surface area contributed by atoms with E-state index in [9.17, 15) is 9.90 Å². The number of ether oxygens (including phenoxy) is 1. The van der Waals surface area contributed by atoms with Gasteiger partial charge in [-0.05, 0) is 17.7 Å². The highest BCUT2D eigenvalue weighted by Gasteiger charge is 2.45. The first-order chi connectivity index (χ1) is 8.55. The number of rotatable bonds is 3. The van der Waals surface area contributed by atoms with Crippen LogP contribution in [-0.2, 0) is 10.3 Å². The average Bonchev–Trinajstić information content (AvgIpc) is 2.33. The molecule has 1 aliphatic heterocycles. The Bertz CT molecular complexity index is 452. The van der Waals surface area contributed by atoms with Crippen LogP contribution in [0.4, 0.5) is 4.79 Å². The Morgan fingerprint density at radius 1 is 1.50 bits per heavy atom. The second-order valence-electron chi connectivity index (χ2n) is 4.26. The van der Waals surface area contributed by atoms with E-state index in [-0.39, 0.29) is 19.7 Å². The van der Waals surface area contributed by atoms with Crippen LogP contribution in [-0.4, -0.2) is 35.8 Å². The predicted octanol–water partition coefficient (Wildman–Crippen LogP) is 2.17. The molecule has 1 heterocycles. The molecule has 1 aromatic rings. The second kappa shape index (κ2) is 5.00. The van der Waals surface area contributed by atoms with Gasteiger partial charge in [0.2, 0.25) is 0 Å². The SMILES string of the molecule is C=CCOC(=O)N1CC(O)(c2ccc(Cl)cc2)C1. The number of aliphatic hydroxyl groups is 1. The molecular weight excluding hydrogens is 254 g/mol. The van der Waals surface area contributed by atoms with Gasteiger partial charge < -0.3 is 14.7 Å². The number of amides is 1. The van der Waals surface area contributed by atoms with Crippen molar-refractivity contribution in [2.24, 2.45) is 0 Å². The van der Waals surface area contributed by atoms with Gasteiger partial charge in [0.1, 0.15) is 12.2 Å². The van der Waals surface area contributed by atoms with Gasteiger partial charge in [0, 0.05) is 5.02 Å². The molecule has 0 aromatic heterocycles. The first-order valence-electron chi connectivity index (χ1n) is 5.56. The van der Waals surface area contributed by atoms with E-state index in [2.05, 4.69) is 6.58 Å². The number of carbonyl (C=O) groups is 1. The van der Waals surface area contributed by atoms with E-state index in [4.69, 9.17) is 16.3 Å². The molecule has 1 saturated heterocycles. The van der Waals surface area contributed by atoms with E-state index in [0.29, 0.717) is 5.02 Å². The summed E-state index contributed by atoms with van der Waals surface area (Å²) in [7, 11) is 0. The van der Waals surface area contributed by atoms with Crippen LogP contribution in [0.15, 0.2) is 36.9 Å². The number of benzene rings is 1. The lowest BCUT2D eigenvalue weighted by molar-refractivity contribution is -0.0931. The summed E-state index contributed by atoms with van der Waals surface area (Å²) >= 11 is 5.78. The summed E-state index contributed by atoms with van der Waals surface area (Å²) in [6.07, 6.45) is 1.07. The standard InChI is InChI=1S/C13H14ClNO3/c1-2-7-18-12(16)15-8-13(17,9-15)10-3-5-11(14)6-4-10/h2-6,17H,1,7-9H2. The largest absolute Gasteiger partial charge is 0.445 e. The zero-order valence-electron chi connectivity index (χ0n) is 9.80. The van der Waals surface area contributed by atoms with Gasteiger partial charge in [-0.2, -0.15) is 0 Å². The summed E-state index contributed by atoms with van der Waals surface area (Å²) in [5.41, 5.74) is -0.252. The third kappa shape index (κ3) is 2.49. The second-order valence-corrected chi connectivity index (χ2v) is 4.70. The fourth-order valence-electron chi connectivity index (χ4n) is 1.88. The van der Waals surface area contributed by atoms with E-state index in [1.54, 1.807) is 24.3 Å². The zero-order valence-corrected chi connectivity index (χ0v) is 10.6. The number of β-amino-alcohol motifs (C(OH)–C–C–N with tert-alkyl or cyclic N) is 1. The van der Waals surface area contributed by atoms with Crippen LogP contribution >= 0.6 is 11.6 Å². The molecule has 1 N–H and O–H groups in total. The van der Waals surface area contributed by atoms with E-state index < -0.39 is 11.7 Å². The third-order valence-corrected chi connectivity index (χ3v) is 3.12. The molecule has 96 valence electrons. The maximum absolute atomic E-state index is 11.5. The number of likely N-dealkylation sites (tertiary alicyclic amines) is 1. The molecule has 2 rings (SSSR count). The summed E-state index contributed by atoms with van der Waals surface area (Å²) in [6, 6.07) is 6.95. The van der Waals surface area contributed by atoms with Crippen LogP contribution in [0.25, 0.3) is 0 Å². The molecule has 18 heavy (non-hydrogen) atoms. The van der Waals surface area contributed by atoms with E-state index in [1.807, 2.05) is 0 Å². The smallest absolute Gasteiger partial charge is 0.410 e. The molecule has 1 aromatic carbocycles. The first-order valence-corrected chi connectivity index (χ1v) is 5.94. The highest BCUT2D eigenvalue weighted by molar-refractivity contribution is 6.30. The summed E-state index contributed by atoms with van der Waals surface area (Å²) in [5.74, 6) is 0. The van der Waals surface area contributed by atoms with Crippen LogP contribution in [0.1, 0.15) is 5.56 Å². The van der Waals surface area contributed by atoms with E-state index in [0.717, 1.165) is 5.56 Å². The summed E-state index contributed by atoms with van der Waals surface area (Å²) < 4.78 is 4.88. The van der Waals surface area contributed by atoms with Crippen molar-refractivity contribution >= 4 is 17.7 Å². The van der Waals surface area contributed by atoms with Gasteiger partial charge in [-0.3, -0.25) is 0 Å². The molecule has 1 aliphatic rings. The number of nitrogens with zero attached hydrogens (tertiary/aromatic N) is 1. The fraction of sp³-hybridized carbons (Fsp3) is 0.308. The van der Waals surface area contributed by atoms with Crippen molar-refractivity contribution in [3.63, 3.8) is 0 Å². The van der Waals surface area contributed by atoms with Gasteiger partial charge >= 0.3 is 6.09 Å². The number of carbonyl (C=O) groups excluding carboxylic acids is 1. The molecular formula is C13H14ClNO3. The molecule has 0 spiro atoms. The number of halogens is 1. The van der Waals surface area contributed by atoms with Crippen molar-refractivity contribution in [2.75, 3.05) is 19.7 Å². The maximum Gasteiger partial charge on any atom is 0.410 e. The molecule has 1 fully saturated rings. The van der Waals surface area contributed by atoms with E-state index >= 15 is 0 Å². The molecule has 4 nitrogen and oxygen atoms in total. The van der Waals surface area contributed by atoms with Gasteiger partial charge in [0.15, 0.2) is 0 Å². The van der Waals surface area contributed by atoms with Crippen molar-refractivity contribution < 1.29 is 14.6 Å². The van der Waals surface area contributed by atoms with Crippen molar-refractivity contribution in [1.29, 1.82) is 0 Å². The molecule has 5 heteroatoms. The molecule has 0 unspecified atom stereocenters. The zero-order chi connectivity index (χ0) is 13.2. The first kappa shape index (κ1) is 12.9. The van der Waals surface area contributed by atoms with Crippen molar-refractivity contribution in [2.45, 2.75) is 5.60 Å². The topological polar surface area (TPSA) is 49.8 Å². The van der Waals surface area contributed by atoms with Crippen LogP contribution < -0.4 is 0 Å². The lowest BCUT2D eigenvalue weighted by Crippen LogP contribution is -2.61.